The third-order valence-corrected chi connectivity index (χ3v) is 9.83. The number of carboxylic acid groups (broad SMARTS) is 1. The Hall–Kier alpha value is -0.513. The third-order valence-electron chi connectivity index (χ3n) is 5.33. The quantitative estimate of drug-likeness (QED) is 0.722. The average molecular weight is 391 g/mol. The summed E-state index contributed by atoms with van der Waals surface area (Å²) in [6, 6.07) is 0. The van der Waals surface area contributed by atoms with Crippen molar-refractivity contribution in [2.24, 2.45) is 0 Å². The Kier molecular flexibility index (Phi) is 5.72. The summed E-state index contributed by atoms with van der Waals surface area (Å²) in [5, 5.41) is 9.60. The average Bonchev–Trinajstić information content (AvgIpc) is 2.91. The molecule has 26 heavy (non-hydrogen) atoms. The summed E-state index contributed by atoms with van der Waals surface area (Å²) in [4.78, 5) is 11.6. The van der Waals surface area contributed by atoms with E-state index in [4.69, 9.17) is 23.4 Å². The van der Waals surface area contributed by atoms with Crippen molar-refractivity contribution in [3.63, 3.8) is 0 Å². The molecule has 0 saturated carbocycles. The molecular formula is C18H34O7Si. The largest absolute Gasteiger partial charge is 0.479 e. The number of rotatable bonds is 5. The van der Waals surface area contributed by atoms with E-state index in [1.54, 1.807) is 13.8 Å². The highest BCUT2D eigenvalue weighted by molar-refractivity contribution is 6.74. The molecule has 152 valence electrons. The van der Waals surface area contributed by atoms with E-state index in [0.29, 0.717) is 6.61 Å². The minimum Gasteiger partial charge on any atom is -0.479 e. The zero-order chi connectivity index (χ0) is 20.1. The van der Waals surface area contributed by atoms with Crippen molar-refractivity contribution < 1.29 is 33.3 Å². The van der Waals surface area contributed by atoms with Gasteiger partial charge >= 0.3 is 5.97 Å². The molecule has 2 fully saturated rings. The van der Waals surface area contributed by atoms with Crippen LogP contribution in [0.15, 0.2) is 0 Å². The van der Waals surface area contributed by atoms with Gasteiger partial charge in [0.2, 0.25) is 0 Å². The van der Waals surface area contributed by atoms with Crippen molar-refractivity contribution >= 4 is 14.3 Å². The first-order chi connectivity index (χ1) is 11.5. The SMILES string of the molecule is CC1(C)O[C@H]([C@@H]2OC(C)(C)O[C@H]2C(=O)O)[C@@H](CO[Si](C)(C)C(C)(C)C)O1. The Morgan fingerprint density at radius 1 is 1.00 bits per heavy atom. The second-order valence-electron chi connectivity index (χ2n) is 9.57. The van der Waals surface area contributed by atoms with Crippen molar-refractivity contribution in [3.05, 3.63) is 0 Å². The molecular weight excluding hydrogens is 356 g/mol. The van der Waals surface area contributed by atoms with Gasteiger partial charge < -0.3 is 28.5 Å². The molecule has 8 heteroatoms. The molecule has 2 aliphatic heterocycles. The first-order valence-corrected chi connectivity index (χ1v) is 12.0. The summed E-state index contributed by atoms with van der Waals surface area (Å²) >= 11 is 0. The summed E-state index contributed by atoms with van der Waals surface area (Å²) in [5.41, 5.74) is 0. The van der Waals surface area contributed by atoms with Crippen molar-refractivity contribution in [2.75, 3.05) is 6.61 Å². The maximum atomic E-state index is 11.6. The van der Waals surface area contributed by atoms with Gasteiger partial charge in [0.05, 0.1) is 6.61 Å². The van der Waals surface area contributed by atoms with Crippen LogP contribution in [0, 0.1) is 0 Å². The molecule has 0 aliphatic carbocycles. The second-order valence-corrected chi connectivity index (χ2v) is 14.4. The van der Waals surface area contributed by atoms with Gasteiger partial charge in [-0.3, -0.25) is 0 Å². The van der Waals surface area contributed by atoms with Gasteiger partial charge in [-0.25, -0.2) is 4.79 Å². The lowest BCUT2D eigenvalue weighted by molar-refractivity contribution is -0.176. The molecule has 0 unspecified atom stereocenters. The fourth-order valence-electron chi connectivity index (χ4n) is 3.00. The van der Waals surface area contributed by atoms with Crippen LogP contribution < -0.4 is 0 Å². The van der Waals surface area contributed by atoms with E-state index in [-0.39, 0.29) is 5.04 Å². The van der Waals surface area contributed by atoms with Gasteiger partial charge in [-0.05, 0) is 45.8 Å². The van der Waals surface area contributed by atoms with Gasteiger partial charge in [-0.15, -0.1) is 0 Å². The lowest BCUT2D eigenvalue weighted by Gasteiger charge is -2.37. The van der Waals surface area contributed by atoms with E-state index in [2.05, 4.69) is 33.9 Å². The van der Waals surface area contributed by atoms with Crippen LogP contribution in [0.25, 0.3) is 0 Å². The Morgan fingerprint density at radius 2 is 1.50 bits per heavy atom. The maximum Gasteiger partial charge on any atom is 0.335 e. The first kappa shape index (κ1) is 21.8. The van der Waals surface area contributed by atoms with E-state index in [1.165, 1.54) is 0 Å². The minimum absolute atomic E-state index is 0.0655. The highest BCUT2D eigenvalue weighted by Crippen LogP contribution is 2.41. The standard InChI is InChI=1S/C18H34O7Si/c1-16(2,3)26(8,9)21-10-11-12(23-17(4,5)22-11)13-14(15(19)20)25-18(6,7)24-13/h11-14H,10H2,1-9H3,(H,19,20)/t11-,12+,13+,14-/m1/s1. The molecule has 0 radical (unpaired) electrons. The summed E-state index contributed by atoms with van der Waals surface area (Å²) in [6.07, 6.45) is -2.89. The number of hydrogen-bond donors (Lipinski definition) is 1. The van der Waals surface area contributed by atoms with E-state index < -0.39 is 50.3 Å². The number of carboxylic acids is 1. The van der Waals surface area contributed by atoms with E-state index >= 15 is 0 Å². The zero-order valence-electron chi connectivity index (χ0n) is 17.4. The van der Waals surface area contributed by atoms with Gasteiger partial charge in [0.25, 0.3) is 0 Å². The van der Waals surface area contributed by atoms with Crippen molar-refractivity contribution in [1.82, 2.24) is 0 Å². The highest BCUT2D eigenvalue weighted by Gasteiger charge is 2.56. The smallest absolute Gasteiger partial charge is 0.335 e. The van der Waals surface area contributed by atoms with E-state index in [9.17, 15) is 9.90 Å². The molecule has 1 N–H and O–H groups in total. The van der Waals surface area contributed by atoms with Gasteiger partial charge in [0, 0.05) is 0 Å². The molecule has 0 spiro atoms. The molecule has 2 aliphatic rings. The zero-order valence-corrected chi connectivity index (χ0v) is 18.4. The third kappa shape index (κ3) is 4.66. The van der Waals surface area contributed by atoms with Gasteiger partial charge in [0.1, 0.15) is 18.3 Å². The van der Waals surface area contributed by atoms with Crippen LogP contribution in [-0.4, -0.2) is 62.0 Å². The fraction of sp³-hybridized carbons (Fsp3) is 0.944. The lowest BCUT2D eigenvalue weighted by Crippen LogP contribution is -2.49. The van der Waals surface area contributed by atoms with Crippen molar-refractivity contribution in [3.8, 4) is 0 Å². The molecule has 0 aromatic heterocycles. The van der Waals surface area contributed by atoms with Crippen molar-refractivity contribution in [2.45, 2.75) is 103 Å². The normalized spacial score (nSPS) is 34.2. The van der Waals surface area contributed by atoms with Crippen LogP contribution in [0.3, 0.4) is 0 Å². The van der Waals surface area contributed by atoms with Crippen LogP contribution >= 0.6 is 0 Å². The van der Waals surface area contributed by atoms with Gasteiger partial charge in [0.15, 0.2) is 26.0 Å². The molecule has 2 rings (SSSR count). The number of hydrogen-bond acceptors (Lipinski definition) is 6. The first-order valence-electron chi connectivity index (χ1n) is 9.13. The fourth-order valence-corrected chi connectivity index (χ4v) is 4.01. The molecule has 2 heterocycles. The topological polar surface area (TPSA) is 83.5 Å². The Morgan fingerprint density at radius 3 is 2.00 bits per heavy atom. The molecule has 0 aromatic rings. The molecule has 7 nitrogen and oxygen atoms in total. The Balaban J connectivity index is 2.19. The van der Waals surface area contributed by atoms with Crippen LogP contribution in [0.1, 0.15) is 48.5 Å². The Bertz CT molecular complexity index is 538. The number of ether oxygens (including phenoxy) is 4. The lowest BCUT2D eigenvalue weighted by atomic mass is 10.0. The molecule has 0 aromatic carbocycles. The summed E-state index contributed by atoms with van der Waals surface area (Å²) in [5.74, 6) is -2.90. The second kappa shape index (κ2) is 6.83. The molecule has 2 saturated heterocycles. The summed E-state index contributed by atoms with van der Waals surface area (Å²) in [6.45, 7) is 18.2. The van der Waals surface area contributed by atoms with Gasteiger partial charge in [-0.2, -0.15) is 0 Å². The summed E-state index contributed by atoms with van der Waals surface area (Å²) < 4.78 is 29.8. The number of carbonyl (C=O) groups is 1. The van der Waals surface area contributed by atoms with Crippen LogP contribution in [0.4, 0.5) is 0 Å². The van der Waals surface area contributed by atoms with E-state index in [1.807, 2.05) is 13.8 Å². The van der Waals surface area contributed by atoms with Crippen molar-refractivity contribution in [1.29, 1.82) is 0 Å². The highest BCUT2D eigenvalue weighted by atomic mass is 28.4. The molecule has 4 atom stereocenters. The maximum absolute atomic E-state index is 11.6. The van der Waals surface area contributed by atoms with Crippen LogP contribution in [0.5, 0.6) is 0 Å². The van der Waals surface area contributed by atoms with Crippen LogP contribution in [-0.2, 0) is 28.2 Å². The predicted molar refractivity (Wildman–Crippen MR) is 98.4 cm³/mol. The summed E-state index contributed by atoms with van der Waals surface area (Å²) in [7, 11) is -1.98. The Labute approximate surface area is 157 Å². The number of aliphatic carboxylic acids is 1. The van der Waals surface area contributed by atoms with E-state index in [0.717, 1.165) is 0 Å². The monoisotopic (exact) mass is 390 g/mol. The molecule has 0 amide bonds. The van der Waals surface area contributed by atoms with Gasteiger partial charge in [-0.1, -0.05) is 20.8 Å². The van der Waals surface area contributed by atoms with Crippen LogP contribution in [0.2, 0.25) is 18.1 Å². The minimum atomic E-state index is -1.98. The predicted octanol–water partition coefficient (Wildman–Crippen LogP) is 3.13. The molecule has 0 bridgehead atoms.